The largest absolute Gasteiger partial charge is 0.497 e. The van der Waals surface area contributed by atoms with E-state index in [2.05, 4.69) is 10.1 Å². The molecule has 0 heterocycles. The van der Waals surface area contributed by atoms with Gasteiger partial charge in [0.05, 0.1) is 20.6 Å². The number of carbonyl (C=O) groups excluding carboxylic acids is 1. The van der Waals surface area contributed by atoms with Crippen molar-refractivity contribution in [2.75, 3.05) is 20.8 Å². The molecule has 1 atom stereocenters. The van der Waals surface area contributed by atoms with Crippen molar-refractivity contribution in [2.45, 2.75) is 25.8 Å². The van der Waals surface area contributed by atoms with E-state index in [1.165, 1.54) is 12.7 Å². The lowest BCUT2D eigenvalue weighted by atomic mass is 10.1. The average molecular weight is 251 g/mol. The summed E-state index contributed by atoms with van der Waals surface area (Å²) in [7, 11) is 3.07. The zero-order valence-corrected chi connectivity index (χ0v) is 11.2. The number of methoxy groups -OCH3 is 2. The highest BCUT2D eigenvalue weighted by Crippen LogP contribution is 2.11. The predicted octanol–water partition coefficient (Wildman–Crippen LogP) is 1.78. The second-order valence-corrected chi connectivity index (χ2v) is 4.23. The van der Waals surface area contributed by atoms with E-state index < -0.39 is 0 Å². The van der Waals surface area contributed by atoms with Gasteiger partial charge in [0.1, 0.15) is 5.75 Å². The maximum atomic E-state index is 11.0. The van der Waals surface area contributed by atoms with Crippen molar-refractivity contribution in [3.8, 4) is 5.75 Å². The van der Waals surface area contributed by atoms with Gasteiger partial charge in [-0.05, 0) is 37.6 Å². The molecule has 0 aromatic heterocycles. The lowest BCUT2D eigenvalue weighted by Crippen LogP contribution is -2.30. The molecule has 1 N–H and O–H groups in total. The smallest absolute Gasteiger partial charge is 0.307 e. The molecule has 0 aliphatic carbocycles. The van der Waals surface area contributed by atoms with Gasteiger partial charge in [-0.15, -0.1) is 0 Å². The van der Waals surface area contributed by atoms with Gasteiger partial charge in [-0.25, -0.2) is 0 Å². The summed E-state index contributed by atoms with van der Waals surface area (Å²) < 4.78 is 9.72. The molecule has 4 heteroatoms. The Labute approximate surface area is 108 Å². The van der Waals surface area contributed by atoms with E-state index in [4.69, 9.17) is 4.74 Å². The molecule has 1 aromatic carbocycles. The van der Waals surface area contributed by atoms with Crippen LogP contribution in [0.5, 0.6) is 5.75 Å². The van der Waals surface area contributed by atoms with Crippen molar-refractivity contribution in [2.24, 2.45) is 0 Å². The molecule has 0 saturated carbocycles. The fourth-order valence-electron chi connectivity index (χ4n) is 1.66. The minimum absolute atomic E-state index is 0.135. The summed E-state index contributed by atoms with van der Waals surface area (Å²) in [5, 5.41) is 3.29. The number of carbonyl (C=O) groups is 1. The Bertz CT molecular complexity index is 362. The van der Waals surface area contributed by atoms with Crippen LogP contribution in [0.25, 0.3) is 0 Å². The lowest BCUT2D eigenvalue weighted by Gasteiger charge is -2.12. The molecule has 0 aliphatic heterocycles. The summed E-state index contributed by atoms with van der Waals surface area (Å²) in [5.41, 5.74) is 1.24. The van der Waals surface area contributed by atoms with Crippen LogP contribution in [-0.4, -0.2) is 32.8 Å². The number of nitrogens with one attached hydrogen (secondary N) is 1. The fraction of sp³-hybridized carbons (Fsp3) is 0.500. The molecule has 1 rings (SSSR count). The first-order chi connectivity index (χ1) is 8.65. The van der Waals surface area contributed by atoms with E-state index in [-0.39, 0.29) is 12.0 Å². The summed E-state index contributed by atoms with van der Waals surface area (Å²) in [6.07, 6.45) is 1.33. The fourth-order valence-corrected chi connectivity index (χ4v) is 1.66. The van der Waals surface area contributed by atoms with Crippen LogP contribution in [0.1, 0.15) is 18.9 Å². The molecule has 18 heavy (non-hydrogen) atoms. The Morgan fingerprint density at radius 1 is 1.28 bits per heavy atom. The number of rotatable bonds is 7. The van der Waals surface area contributed by atoms with Gasteiger partial charge in [0, 0.05) is 6.04 Å². The Morgan fingerprint density at radius 3 is 2.50 bits per heavy atom. The van der Waals surface area contributed by atoms with Gasteiger partial charge < -0.3 is 14.8 Å². The van der Waals surface area contributed by atoms with Crippen LogP contribution in [0.3, 0.4) is 0 Å². The van der Waals surface area contributed by atoms with Gasteiger partial charge >= 0.3 is 5.97 Å². The minimum atomic E-state index is -0.181. The van der Waals surface area contributed by atoms with Crippen molar-refractivity contribution < 1.29 is 14.3 Å². The van der Waals surface area contributed by atoms with Crippen molar-refractivity contribution in [3.05, 3.63) is 29.8 Å². The van der Waals surface area contributed by atoms with Crippen LogP contribution in [0.2, 0.25) is 0 Å². The van der Waals surface area contributed by atoms with Gasteiger partial charge in [0.2, 0.25) is 0 Å². The first-order valence-electron chi connectivity index (χ1n) is 6.09. The molecule has 0 spiro atoms. The molecule has 0 radical (unpaired) electrons. The molecule has 4 nitrogen and oxygen atoms in total. The average Bonchev–Trinajstić information content (AvgIpc) is 2.39. The van der Waals surface area contributed by atoms with E-state index >= 15 is 0 Å². The summed E-state index contributed by atoms with van der Waals surface area (Å²) in [4.78, 5) is 11.0. The molecule has 0 bridgehead atoms. The molecular weight excluding hydrogens is 230 g/mol. The molecule has 0 amide bonds. The minimum Gasteiger partial charge on any atom is -0.497 e. The van der Waals surface area contributed by atoms with E-state index in [1.807, 2.05) is 31.2 Å². The van der Waals surface area contributed by atoms with Crippen LogP contribution in [-0.2, 0) is 16.0 Å². The van der Waals surface area contributed by atoms with Gasteiger partial charge in [-0.3, -0.25) is 4.79 Å². The number of ether oxygens (including phenoxy) is 2. The normalized spacial score (nSPS) is 11.9. The second-order valence-electron chi connectivity index (χ2n) is 4.23. The zero-order valence-electron chi connectivity index (χ0n) is 11.2. The monoisotopic (exact) mass is 251 g/mol. The van der Waals surface area contributed by atoms with Crippen molar-refractivity contribution in [1.82, 2.24) is 5.32 Å². The maximum Gasteiger partial charge on any atom is 0.307 e. The van der Waals surface area contributed by atoms with Crippen LogP contribution in [0.15, 0.2) is 24.3 Å². The molecular formula is C14H21NO3. The molecule has 100 valence electrons. The predicted molar refractivity (Wildman–Crippen MR) is 70.8 cm³/mol. The van der Waals surface area contributed by atoms with Gasteiger partial charge in [0.15, 0.2) is 0 Å². The van der Waals surface area contributed by atoms with Gasteiger partial charge in [0.25, 0.3) is 0 Å². The Morgan fingerprint density at radius 2 is 1.94 bits per heavy atom. The van der Waals surface area contributed by atoms with Crippen molar-refractivity contribution in [3.63, 3.8) is 0 Å². The Kier molecular flexibility index (Phi) is 6.22. The molecule has 0 fully saturated rings. The van der Waals surface area contributed by atoms with E-state index in [9.17, 15) is 4.79 Å². The standard InChI is InChI=1S/C14H21NO3/c1-11(10-14(16)18-3)15-9-8-12-4-6-13(17-2)7-5-12/h4-7,11,15H,8-10H2,1-3H3/t11-/m0/s1. The Balaban J connectivity index is 2.26. The summed E-state index contributed by atoms with van der Waals surface area (Å²) in [6, 6.07) is 8.13. The quantitative estimate of drug-likeness (QED) is 0.750. The first-order valence-corrected chi connectivity index (χ1v) is 6.09. The molecule has 1 aromatic rings. The second kappa shape index (κ2) is 7.71. The summed E-state index contributed by atoms with van der Waals surface area (Å²) in [6.45, 7) is 2.81. The number of benzene rings is 1. The van der Waals surface area contributed by atoms with Crippen LogP contribution in [0, 0.1) is 0 Å². The highest BCUT2D eigenvalue weighted by Gasteiger charge is 2.07. The van der Waals surface area contributed by atoms with E-state index in [0.29, 0.717) is 6.42 Å². The van der Waals surface area contributed by atoms with E-state index in [0.717, 1.165) is 18.7 Å². The van der Waals surface area contributed by atoms with E-state index in [1.54, 1.807) is 7.11 Å². The number of esters is 1. The zero-order chi connectivity index (χ0) is 13.4. The summed E-state index contributed by atoms with van der Waals surface area (Å²) in [5.74, 6) is 0.685. The van der Waals surface area contributed by atoms with Gasteiger partial charge in [-0.1, -0.05) is 12.1 Å². The SMILES string of the molecule is COC(=O)C[C@H](C)NCCc1ccc(OC)cc1. The van der Waals surface area contributed by atoms with Crippen LogP contribution < -0.4 is 10.1 Å². The summed E-state index contributed by atoms with van der Waals surface area (Å²) >= 11 is 0. The van der Waals surface area contributed by atoms with Crippen LogP contribution >= 0.6 is 0 Å². The number of hydrogen-bond acceptors (Lipinski definition) is 4. The van der Waals surface area contributed by atoms with Crippen molar-refractivity contribution in [1.29, 1.82) is 0 Å². The number of hydrogen-bond donors (Lipinski definition) is 1. The lowest BCUT2D eigenvalue weighted by molar-refractivity contribution is -0.141. The maximum absolute atomic E-state index is 11.0. The first kappa shape index (κ1) is 14.5. The molecule has 0 unspecified atom stereocenters. The Hall–Kier alpha value is -1.55. The highest BCUT2D eigenvalue weighted by atomic mass is 16.5. The highest BCUT2D eigenvalue weighted by molar-refractivity contribution is 5.69. The molecule has 0 saturated heterocycles. The third kappa shape index (κ3) is 5.19. The topological polar surface area (TPSA) is 47.6 Å². The van der Waals surface area contributed by atoms with Gasteiger partial charge in [-0.2, -0.15) is 0 Å². The van der Waals surface area contributed by atoms with Crippen LogP contribution in [0.4, 0.5) is 0 Å². The van der Waals surface area contributed by atoms with Crippen molar-refractivity contribution >= 4 is 5.97 Å². The third-order valence-corrected chi connectivity index (χ3v) is 2.77. The molecule has 0 aliphatic rings. The third-order valence-electron chi connectivity index (χ3n) is 2.77.